The van der Waals surface area contributed by atoms with Crippen molar-refractivity contribution in [2.75, 3.05) is 0 Å². The van der Waals surface area contributed by atoms with E-state index in [1.54, 1.807) is 11.1 Å². The lowest BCUT2D eigenvalue weighted by Gasteiger charge is -2.09. The van der Waals surface area contributed by atoms with Crippen molar-refractivity contribution in [1.29, 1.82) is 0 Å². The van der Waals surface area contributed by atoms with E-state index in [0.717, 1.165) is 6.54 Å². The Morgan fingerprint density at radius 3 is 1.96 bits per heavy atom. The van der Waals surface area contributed by atoms with Gasteiger partial charge in [0, 0.05) is 17.2 Å². The molecule has 2 rings (SSSR count). The average molecular weight is 339 g/mol. The summed E-state index contributed by atoms with van der Waals surface area (Å²) in [5.74, 6) is 0. The summed E-state index contributed by atoms with van der Waals surface area (Å²) in [4.78, 5) is 0. The molecule has 1 aromatic carbocycles. The lowest BCUT2D eigenvalue weighted by atomic mass is 9.98. The Kier molecular flexibility index (Phi) is 9.33. The average Bonchev–Trinajstić information content (AvgIpc) is 2.64. The molecule has 0 aliphatic rings. The van der Waals surface area contributed by atoms with Gasteiger partial charge in [0.05, 0.1) is 0 Å². The van der Waals surface area contributed by atoms with Gasteiger partial charge in [-0.1, -0.05) is 82.7 Å². The molecule has 0 fully saturated rings. The van der Waals surface area contributed by atoms with Crippen molar-refractivity contribution in [3.05, 3.63) is 65.5 Å². The third-order valence-electron chi connectivity index (χ3n) is 5.01. The molecule has 0 spiro atoms. The highest BCUT2D eigenvalue weighted by Gasteiger charge is 2.10. The van der Waals surface area contributed by atoms with Crippen LogP contribution < -0.4 is 4.57 Å². The van der Waals surface area contributed by atoms with Gasteiger partial charge >= 0.3 is 0 Å². The largest absolute Gasteiger partial charge is 0.200 e. The molecule has 1 heteroatoms. The van der Waals surface area contributed by atoms with Crippen LogP contribution in [0.2, 0.25) is 0 Å². The van der Waals surface area contributed by atoms with Crippen LogP contribution in [0.5, 0.6) is 0 Å². The highest BCUT2D eigenvalue weighted by molar-refractivity contribution is 5.22. The Bertz CT molecular complexity index is 588. The molecule has 0 saturated heterocycles. The number of hydrogen-bond acceptors (Lipinski definition) is 0. The monoisotopic (exact) mass is 338 g/mol. The maximum atomic E-state index is 2.41. The van der Waals surface area contributed by atoms with E-state index < -0.39 is 0 Å². The van der Waals surface area contributed by atoms with Gasteiger partial charge in [0.25, 0.3) is 0 Å². The molecule has 136 valence electrons. The molecule has 0 radical (unpaired) electrons. The number of rotatable bonds is 12. The summed E-state index contributed by atoms with van der Waals surface area (Å²) in [5.41, 5.74) is 4.53. The smallest absolute Gasteiger partial charge is 0.173 e. The van der Waals surface area contributed by atoms with Crippen molar-refractivity contribution in [2.45, 2.75) is 84.6 Å². The zero-order valence-electron chi connectivity index (χ0n) is 16.3. The summed E-state index contributed by atoms with van der Waals surface area (Å²) < 4.78 is 2.36. The number of nitrogens with zero attached hydrogens (tertiary/aromatic N) is 1. The standard InChI is InChI=1S/C24H36N/c1-3-5-7-12-16-23-18-19-25(20-22-14-10-9-11-15-22)21-24(23)17-13-8-6-4-2/h9-11,14-15,18-19,21H,3-8,12-13,16-17,20H2,1-2H3/q+1. The number of hydrogen-bond donors (Lipinski definition) is 0. The van der Waals surface area contributed by atoms with Gasteiger partial charge in [0.1, 0.15) is 0 Å². The summed E-state index contributed by atoms with van der Waals surface area (Å²) >= 11 is 0. The summed E-state index contributed by atoms with van der Waals surface area (Å²) in [6, 6.07) is 13.2. The molecule has 0 aliphatic carbocycles. The van der Waals surface area contributed by atoms with Crippen molar-refractivity contribution in [2.24, 2.45) is 0 Å². The van der Waals surface area contributed by atoms with E-state index in [0.29, 0.717) is 0 Å². The van der Waals surface area contributed by atoms with Crippen LogP contribution >= 0.6 is 0 Å². The molecule has 1 aromatic heterocycles. The summed E-state index contributed by atoms with van der Waals surface area (Å²) in [6.07, 6.45) is 17.9. The fourth-order valence-corrected chi connectivity index (χ4v) is 3.46. The second-order valence-corrected chi connectivity index (χ2v) is 7.27. The normalized spacial score (nSPS) is 11.0. The second-order valence-electron chi connectivity index (χ2n) is 7.27. The number of pyridine rings is 1. The van der Waals surface area contributed by atoms with Gasteiger partial charge < -0.3 is 0 Å². The van der Waals surface area contributed by atoms with E-state index in [9.17, 15) is 0 Å². The number of benzene rings is 1. The number of aryl methyl sites for hydroxylation is 2. The van der Waals surface area contributed by atoms with Crippen molar-refractivity contribution in [1.82, 2.24) is 0 Å². The fourth-order valence-electron chi connectivity index (χ4n) is 3.46. The molecule has 0 amide bonds. The number of unbranched alkanes of at least 4 members (excludes halogenated alkanes) is 6. The fraction of sp³-hybridized carbons (Fsp3) is 0.542. The first-order valence-corrected chi connectivity index (χ1v) is 10.4. The Labute approximate surface area is 155 Å². The lowest BCUT2D eigenvalue weighted by Crippen LogP contribution is -2.34. The van der Waals surface area contributed by atoms with Crippen LogP contribution in [0.4, 0.5) is 0 Å². The molecule has 1 heterocycles. The van der Waals surface area contributed by atoms with Crippen molar-refractivity contribution in [3.63, 3.8) is 0 Å². The molecule has 0 bridgehead atoms. The van der Waals surface area contributed by atoms with Crippen LogP contribution in [0.1, 0.15) is 81.9 Å². The first kappa shape index (κ1) is 19.7. The molecule has 1 nitrogen and oxygen atoms in total. The van der Waals surface area contributed by atoms with Gasteiger partial charge in [-0.15, -0.1) is 0 Å². The molecular weight excluding hydrogens is 302 g/mol. The van der Waals surface area contributed by atoms with Crippen LogP contribution in [0.15, 0.2) is 48.8 Å². The second kappa shape index (κ2) is 11.8. The van der Waals surface area contributed by atoms with Crippen molar-refractivity contribution >= 4 is 0 Å². The summed E-state index contributed by atoms with van der Waals surface area (Å²) in [7, 11) is 0. The lowest BCUT2D eigenvalue weighted by molar-refractivity contribution is -0.688. The Morgan fingerprint density at radius 1 is 0.680 bits per heavy atom. The van der Waals surface area contributed by atoms with Gasteiger partial charge in [0.2, 0.25) is 0 Å². The van der Waals surface area contributed by atoms with E-state index in [2.05, 4.69) is 67.2 Å². The van der Waals surface area contributed by atoms with E-state index >= 15 is 0 Å². The zero-order chi connectivity index (χ0) is 17.7. The Morgan fingerprint density at radius 2 is 1.32 bits per heavy atom. The maximum Gasteiger partial charge on any atom is 0.173 e. The third-order valence-corrected chi connectivity index (χ3v) is 5.01. The molecule has 25 heavy (non-hydrogen) atoms. The predicted octanol–water partition coefficient (Wildman–Crippen LogP) is 6.27. The minimum Gasteiger partial charge on any atom is -0.200 e. The van der Waals surface area contributed by atoms with Gasteiger partial charge in [-0.3, -0.25) is 0 Å². The van der Waals surface area contributed by atoms with Crippen molar-refractivity contribution in [3.8, 4) is 0 Å². The Hall–Kier alpha value is -1.63. The van der Waals surface area contributed by atoms with Crippen LogP contribution in [0, 0.1) is 0 Å². The predicted molar refractivity (Wildman–Crippen MR) is 108 cm³/mol. The zero-order valence-corrected chi connectivity index (χ0v) is 16.3. The molecule has 0 saturated carbocycles. The topological polar surface area (TPSA) is 3.88 Å². The van der Waals surface area contributed by atoms with Gasteiger partial charge in [-0.2, -0.15) is 0 Å². The van der Waals surface area contributed by atoms with E-state index in [1.807, 2.05) is 0 Å². The number of aromatic nitrogens is 1. The molecule has 0 aliphatic heterocycles. The van der Waals surface area contributed by atoms with Gasteiger partial charge in [-0.05, 0) is 31.2 Å². The summed E-state index contributed by atoms with van der Waals surface area (Å²) in [6.45, 7) is 5.54. The third kappa shape index (κ3) is 7.42. The first-order chi connectivity index (χ1) is 12.3. The quantitative estimate of drug-likeness (QED) is 0.317. The van der Waals surface area contributed by atoms with Crippen LogP contribution in [0.25, 0.3) is 0 Å². The van der Waals surface area contributed by atoms with Crippen LogP contribution in [-0.4, -0.2) is 0 Å². The first-order valence-electron chi connectivity index (χ1n) is 10.4. The molecule has 0 atom stereocenters. The molecule has 0 unspecified atom stereocenters. The highest BCUT2D eigenvalue weighted by atomic mass is 14.9. The molecular formula is C24H36N+. The van der Waals surface area contributed by atoms with Crippen LogP contribution in [-0.2, 0) is 19.4 Å². The minimum absolute atomic E-state index is 0.971. The van der Waals surface area contributed by atoms with Crippen LogP contribution in [0.3, 0.4) is 0 Å². The minimum atomic E-state index is 0.971. The Balaban J connectivity index is 2.03. The molecule has 0 N–H and O–H groups in total. The van der Waals surface area contributed by atoms with Gasteiger partial charge in [-0.25, -0.2) is 4.57 Å². The van der Waals surface area contributed by atoms with Crippen molar-refractivity contribution < 1.29 is 4.57 Å². The summed E-state index contributed by atoms with van der Waals surface area (Å²) in [5, 5.41) is 0. The van der Waals surface area contributed by atoms with E-state index in [1.165, 1.54) is 69.8 Å². The van der Waals surface area contributed by atoms with E-state index in [-0.39, 0.29) is 0 Å². The maximum absolute atomic E-state index is 2.41. The highest BCUT2D eigenvalue weighted by Crippen LogP contribution is 2.15. The van der Waals surface area contributed by atoms with Gasteiger partial charge in [0.15, 0.2) is 18.9 Å². The van der Waals surface area contributed by atoms with E-state index in [4.69, 9.17) is 0 Å². The SMILES string of the molecule is CCCCCCc1cc[n+](Cc2ccccc2)cc1CCCCCC. The molecule has 2 aromatic rings.